The number of likely N-dealkylation sites (tertiary alicyclic amines) is 1. The lowest BCUT2D eigenvalue weighted by molar-refractivity contribution is -0.119. The van der Waals surface area contributed by atoms with Crippen LogP contribution >= 0.6 is 0 Å². The number of primary amides is 1. The standard InChI is InChI=1S/C24H28N6O2/c1-26-22-14-27-23(29-22)24(32)28-20-8-7-18(13-19(20)17-5-3-2-4-6-17)16-9-11-30(12-10-16)15-21(25)31/h5,7-8,13-14,16H,2-4,6,9-12,15H2,(H2,25,31)(H,27,29)(H,28,32). The summed E-state index contributed by atoms with van der Waals surface area (Å²) >= 11 is 0. The molecule has 0 radical (unpaired) electrons. The van der Waals surface area contributed by atoms with Crippen LogP contribution in [0.25, 0.3) is 10.4 Å². The highest BCUT2D eigenvalue weighted by Gasteiger charge is 2.24. The van der Waals surface area contributed by atoms with E-state index in [0.717, 1.165) is 56.4 Å². The molecule has 0 bridgehead atoms. The second-order valence-corrected chi connectivity index (χ2v) is 8.48. The summed E-state index contributed by atoms with van der Waals surface area (Å²) in [6.07, 6.45) is 9.96. The Morgan fingerprint density at radius 2 is 2.09 bits per heavy atom. The lowest BCUT2D eigenvalue weighted by Crippen LogP contribution is -2.39. The van der Waals surface area contributed by atoms with Gasteiger partial charge in [0.25, 0.3) is 5.82 Å². The highest BCUT2D eigenvalue weighted by Crippen LogP contribution is 2.36. The summed E-state index contributed by atoms with van der Waals surface area (Å²) in [5.74, 6) is 0.146. The minimum Gasteiger partial charge on any atom is -0.369 e. The number of piperidine rings is 1. The lowest BCUT2D eigenvalue weighted by Gasteiger charge is -2.31. The van der Waals surface area contributed by atoms with Crippen LogP contribution < -0.4 is 11.1 Å². The fourth-order valence-corrected chi connectivity index (χ4v) is 4.58. The highest BCUT2D eigenvalue weighted by molar-refractivity contribution is 6.03. The van der Waals surface area contributed by atoms with Crippen LogP contribution in [-0.2, 0) is 4.79 Å². The monoisotopic (exact) mass is 432 g/mol. The second kappa shape index (κ2) is 9.79. The number of allylic oxidation sites excluding steroid dienone is 2. The van der Waals surface area contributed by atoms with Crippen LogP contribution in [0.4, 0.5) is 11.5 Å². The number of amides is 2. The number of carbonyl (C=O) groups is 2. The number of H-pyrrole nitrogens is 1. The Hall–Kier alpha value is -3.44. The Morgan fingerprint density at radius 1 is 1.28 bits per heavy atom. The molecule has 0 unspecified atom stereocenters. The number of hydrogen-bond donors (Lipinski definition) is 3. The molecule has 2 aromatic rings. The van der Waals surface area contributed by atoms with E-state index in [0.29, 0.717) is 12.5 Å². The van der Waals surface area contributed by atoms with Gasteiger partial charge in [0, 0.05) is 11.3 Å². The van der Waals surface area contributed by atoms with Gasteiger partial charge in [0.2, 0.25) is 11.7 Å². The fourth-order valence-electron chi connectivity index (χ4n) is 4.58. The number of nitrogens with one attached hydrogen (secondary N) is 2. The molecule has 32 heavy (non-hydrogen) atoms. The highest BCUT2D eigenvalue weighted by atomic mass is 16.2. The van der Waals surface area contributed by atoms with Gasteiger partial charge in [0.05, 0.1) is 12.7 Å². The van der Waals surface area contributed by atoms with E-state index in [2.05, 4.69) is 43.2 Å². The molecule has 4 rings (SSSR count). The van der Waals surface area contributed by atoms with Crippen LogP contribution in [0.2, 0.25) is 0 Å². The number of nitrogens with two attached hydrogens (primary N) is 1. The molecule has 2 amide bonds. The third-order valence-corrected chi connectivity index (χ3v) is 6.27. The fraction of sp³-hybridized carbons (Fsp3) is 0.417. The van der Waals surface area contributed by atoms with Gasteiger partial charge in [0.1, 0.15) is 0 Å². The number of rotatable bonds is 6. The number of benzene rings is 1. The topological polar surface area (TPSA) is 108 Å². The summed E-state index contributed by atoms with van der Waals surface area (Å²) in [6.45, 7) is 9.07. The maximum absolute atomic E-state index is 12.7. The van der Waals surface area contributed by atoms with Gasteiger partial charge in [-0.3, -0.25) is 19.5 Å². The summed E-state index contributed by atoms with van der Waals surface area (Å²) in [4.78, 5) is 36.0. The molecule has 166 valence electrons. The molecule has 0 atom stereocenters. The van der Waals surface area contributed by atoms with E-state index in [4.69, 9.17) is 12.3 Å². The molecular weight excluding hydrogens is 404 g/mol. The van der Waals surface area contributed by atoms with Crippen LogP contribution in [0.1, 0.15) is 66.2 Å². The van der Waals surface area contributed by atoms with Gasteiger partial charge in [-0.15, -0.1) is 0 Å². The van der Waals surface area contributed by atoms with Gasteiger partial charge in [-0.05, 0) is 80.8 Å². The number of hydrogen-bond acceptors (Lipinski definition) is 4. The number of anilines is 1. The Bertz CT molecular complexity index is 1070. The Kier molecular flexibility index (Phi) is 6.66. The van der Waals surface area contributed by atoms with Crippen molar-refractivity contribution in [2.24, 2.45) is 5.73 Å². The van der Waals surface area contributed by atoms with E-state index >= 15 is 0 Å². The van der Waals surface area contributed by atoms with Gasteiger partial charge in [-0.25, -0.2) is 4.98 Å². The minimum absolute atomic E-state index is 0.130. The summed E-state index contributed by atoms with van der Waals surface area (Å²) in [5, 5.41) is 2.98. The van der Waals surface area contributed by atoms with E-state index in [1.165, 1.54) is 23.8 Å². The first-order valence-corrected chi connectivity index (χ1v) is 11.1. The molecule has 1 aliphatic heterocycles. The van der Waals surface area contributed by atoms with E-state index in [1.807, 2.05) is 6.07 Å². The quantitative estimate of drug-likeness (QED) is 0.603. The minimum atomic E-state index is -0.356. The third kappa shape index (κ3) is 5.06. The molecule has 1 aliphatic carbocycles. The Labute approximate surface area is 187 Å². The summed E-state index contributed by atoms with van der Waals surface area (Å²) in [5.41, 5.74) is 9.69. The Balaban J connectivity index is 1.56. The van der Waals surface area contributed by atoms with Crippen molar-refractivity contribution in [2.45, 2.75) is 44.4 Å². The van der Waals surface area contributed by atoms with Crippen molar-refractivity contribution in [3.63, 3.8) is 0 Å². The maximum atomic E-state index is 12.7. The van der Waals surface area contributed by atoms with Crippen molar-refractivity contribution in [3.8, 4) is 0 Å². The molecule has 1 aromatic carbocycles. The lowest BCUT2D eigenvalue weighted by atomic mass is 9.85. The molecule has 8 heteroatoms. The van der Waals surface area contributed by atoms with Gasteiger partial charge in [-0.1, -0.05) is 18.7 Å². The van der Waals surface area contributed by atoms with E-state index in [1.54, 1.807) is 0 Å². The zero-order valence-corrected chi connectivity index (χ0v) is 18.1. The summed E-state index contributed by atoms with van der Waals surface area (Å²) in [6, 6.07) is 6.28. The molecule has 0 saturated carbocycles. The molecule has 2 heterocycles. The molecule has 1 saturated heterocycles. The summed E-state index contributed by atoms with van der Waals surface area (Å²) < 4.78 is 0. The van der Waals surface area contributed by atoms with Gasteiger partial charge in [-0.2, -0.15) is 0 Å². The third-order valence-electron chi connectivity index (χ3n) is 6.27. The van der Waals surface area contributed by atoms with E-state index < -0.39 is 0 Å². The zero-order chi connectivity index (χ0) is 22.5. The summed E-state index contributed by atoms with van der Waals surface area (Å²) in [7, 11) is 0. The average Bonchev–Trinajstić information content (AvgIpc) is 3.30. The second-order valence-electron chi connectivity index (χ2n) is 8.48. The van der Waals surface area contributed by atoms with Gasteiger partial charge in [0.15, 0.2) is 0 Å². The molecule has 8 nitrogen and oxygen atoms in total. The van der Waals surface area contributed by atoms with Crippen LogP contribution in [-0.4, -0.2) is 46.3 Å². The maximum Gasteiger partial charge on any atom is 0.314 e. The molecule has 0 spiro atoms. The van der Waals surface area contributed by atoms with Gasteiger partial charge < -0.3 is 15.9 Å². The van der Waals surface area contributed by atoms with Gasteiger partial charge >= 0.3 is 5.91 Å². The molecule has 4 N–H and O–H groups in total. The number of carbonyl (C=O) groups excluding carboxylic acids is 2. The first-order chi connectivity index (χ1) is 15.5. The first-order valence-electron chi connectivity index (χ1n) is 11.1. The predicted octanol–water partition coefficient (Wildman–Crippen LogP) is 3.83. The van der Waals surface area contributed by atoms with Crippen molar-refractivity contribution < 1.29 is 9.59 Å². The SMILES string of the molecule is [C-]#[N+]c1cnc(C(=O)Nc2ccc(C3CCN(CC(N)=O)CC3)cc2C2=CCCCC2)[nH]1. The van der Waals surface area contributed by atoms with Crippen LogP contribution in [0.5, 0.6) is 0 Å². The average molecular weight is 433 g/mol. The van der Waals surface area contributed by atoms with Crippen molar-refractivity contribution in [2.75, 3.05) is 25.0 Å². The number of nitrogens with zero attached hydrogens (tertiary/aromatic N) is 3. The zero-order valence-electron chi connectivity index (χ0n) is 18.1. The number of aromatic amines is 1. The Morgan fingerprint density at radius 3 is 2.75 bits per heavy atom. The largest absolute Gasteiger partial charge is 0.369 e. The van der Waals surface area contributed by atoms with Crippen LogP contribution in [0.3, 0.4) is 0 Å². The smallest absolute Gasteiger partial charge is 0.314 e. The van der Waals surface area contributed by atoms with Crippen molar-refractivity contribution in [1.29, 1.82) is 0 Å². The van der Waals surface area contributed by atoms with E-state index in [9.17, 15) is 9.59 Å². The number of imidazole rings is 1. The normalized spacial score (nSPS) is 17.4. The van der Waals surface area contributed by atoms with E-state index in [-0.39, 0.29) is 23.5 Å². The van der Waals surface area contributed by atoms with Crippen LogP contribution in [0.15, 0.2) is 30.5 Å². The number of aromatic nitrogens is 2. The molecule has 1 fully saturated rings. The predicted molar refractivity (Wildman–Crippen MR) is 123 cm³/mol. The van der Waals surface area contributed by atoms with Crippen molar-refractivity contribution in [1.82, 2.24) is 14.9 Å². The molecular formula is C24H28N6O2. The van der Waals surface area contributed by atoms with Crippen LogP contribution in [0, 0.1) is 6.57 Å². The van der Waals surface area contributed by atoms with Crippen molar-refractivity contribution in [3.05, 3.63) is 58.8 Å². The molecule has 2 aliphatic rings. The van der Waals surface area contributed by atoms with Crippen molar-refractivity contribution >= 4 is 28.9 Å². The first kappa shape index (κ1) is 21.8. The molecule has 1 aromatic heterocycles.